The standard InChI is InChI=1S/C8H13NO2/c1-2-8(11)9(5-6-10)7-3-4-7/h2,7,10H,1,3-6H2. The second-order valence-corrected chi connectivity index (χ2v) is 2.69. The molecule has 1 N–H and O–H groups in total. The molecule has 0 aliphatic heterocycles. The fraction of sp³-hybridized carbons (Fsp3) is 0.625. The highest BCUT2D eigenvalue weighted by molar-refractivity contribution is 5.87. The molecule has 0 unspecified atom stereocenters. The molecule has 0 spiro atoms. The molecule has 0 heterocycles. The van der Waals surface area contributed by atoms with Crippen LogP contribution in [0.3, 0.4) is 0 Å². The molecule has 0 atom stereocenters. The highest BCUT2D eigenvalue weighted by atomic mass is 16.3. The molecule has 1 amide bonds. The first-order chi connectivity index (χ1) is 5.29. The maximum Gasteiger partial charge on any atom is 0.246 e. The lowest BCUT2D eigenvalue weighted by molar-refractivity contribution is -0.127. The van der Waals surface area contributed by atoms with Gasteiger partial charge in [-0.1, -0.05) is 6.58 Å². The number of aliphatic hydroxyl groups excluding tert-OH is 1. The fourth-order valence-corrected chi connectivity index (χ4v) is 1.08. The van der Waals surface area contributed by atoms with Crippen molar-refractivity contribution < 1.29 is 9.90 Å². The van der Waals surface area contributed by atoms with Gasteiger partial charge >= 0.3 is 0 Å². The molecule has 1 saturated carbocycles. The minimum atomic E-state index is -0.0680. The van der Waals surface area contributed by atoms with Crippen LogP contribution in [-0.4, -0.2) is 35.1 Å². The summed E-state index contributed by atoms with van der Waals surface area (Å²) in [6.07, 6.45) is 3.44. The summed E-state index contributed by atoms with van der Waals surface area (Å²) in [7, 11) is 0. The van der Waals surface area contributed by atoms with E-state index in [-0.39, 0.29) is 12.5 Å². The minimum absolute atomic E-state index is 0.0378. The zero-order valence-electron chi connectivity index (χ0n) is 6.49. The third-order valence-electron chi connectivity index (χ3n) is 1.79. The molecular weight excluding hydrogens is 142 g/mol. The van der Waals surface area contributed by atoms with Gasteiger partial charge in [0.2, 0.25) is 5.91 Å². The van der Waals surface area contributed by atoms with Gasteiger partial charge in [-0.3, -0.25) is 4.79 Å². The molecule has 0 bridgehead atoms. The zero-order valence-corrected chi connectivity index (χ0v) is 6.49. The number of carbonyl (C=O) groups excluding carboxylic acids is 1. The first-order valence-corrected chi connectivity index (χ1v) is 3.83. The van der Waals surface area contributed by atoms with Crippen molar-refractivity contribution in [2.45, 2.75) is 18.9 Å². The fourth-order valence-electron chi connectivity index (χ4n) is 1.08. The van der Waals surface area contributed by atoms with Crippen molar-refractivity contribution in [3.8, 4) is 0 Å². The van der Waals surface area contributed by atoms with E-state index in [1.807, 2.05) is 0 Å². The molecule has 1 rings (SSSR count). The van der Waals surface area contributed by atoms with Crippen molar-refractivity contribution in [2.24, 2.45) is 0 Å². The molecule has 62 valence electrons. The van der Waals surface area contributed by atoms with Crippen LogP contribution in [-0.2, 0) is 4.79 Å². The summed E-state index contributed by atoms with van der Waals surface area (Å²) < 4.78 is 0. The summed E-state index contributed by atoms with van der Waals surface area (Å²) in [6.45, 7) is 3.88. The van der Waals surface area contributed by atoms with Crippen molar-refractivity contribution in [1.82, 2.24) is 4.90 Å². The average molecular weight is 155 g/mol. The van der Waals surface area contributed by atoms with E-state index in [1.54, 1.807) is 4.90 Å². The van der Waals surface area contributed by atoms with Gasteiger partial charge in [0.25, 0.3) is 0 Å². The van der Waals surface area contributed by atoms with Gasteiger partial charge in [-0.05, 0) is 18.9 Å². The van der Waals surface area contributed by atoms with Crippen LogP contribution < -0.4 is 0 Å². The van der Waals surface area contributed by atoms with Crippen molar-refractivity contribution >= 4 is 5.91 Å². The van der Waals surface area contributed by atoms with E-state index >= 15 is 0 Å². The number of aliphatic hydroxyl groups is 1. The lowest BCUT2D eigenvalue weighted by Crippen LogP contribution is -2.33. The zero-order chi connectivity index (χ0) is 8.27. The molecule has 0 aromatic carbocycles. The van der Waals surface area contributed by atoms with Gasteiger partial charge in [0.1, 0.15) is 0 Å². The first kappa shape index (κ1) is 8.27. The molecule has 3 heteroatoms. The van der Waals surface area contributed by atoms with E-state index in [0.717, 1.165) is 12.8 Å². The third kappa shape index (κ3) is 2.05. The number of carbonyl (C=O) groups is 1. The number of nitrogens with zero attached hydrogens (tertiary/aromatic N) is 1. The Labute approximate surface area is 66.3 Å². The molecule has 0 aromatic heterocycles. The molecule has 1 aliphatic rings. The Balaban J connectivity index is 2.43. The van der Waals surface area contributed by atoms with Crippen molar-refractivity contribution in [2.75, 3.05) is 13.2 Å². The van der Waals surface area contributed by atoms with Crippen LogP contribution in [0.25, 0.3) is 0 Å². The molecule has 3 nitrogen and oxygen atoms in total. The summed E-state index contributed by atoms with van der Waals surface area (Å²) in [4.78, 5) is 12.8. The average Bonchev–Trinajstić information content (AvgIpc) is 2.81. The smallest absolute Gasteiger partial charge is 0.246 e. The van der Waals surface area contributed by atoms with Crippen LogP contribution in [0.15, 0.2) is 12.7 Å². The number of hydrogen-bond acceptors (Lipinski definition) is 2. The summed E-state index contributed by atoms with van der Waals surface area (Å²) in [5, 5.41) is 8.63. The van der Waals surface area contributed by atoms with Crippen LogP contribution in [0.5, 0.6) is 0 Å². The molecule has 0 aromatic rings. The molecular formula is C8H13NO2. The number of hydrogen-bond donors (Lipinski definition) is 1. The molecule has 1 fully saturated rings. The lowest BCUT2D eigenvalue weighted by atomic mass is 10.4. The minimum Gasteiger partial charge on any atom is -0.395 e. The Morgan fingerprint density at radius 1 is 1.73 bits per heavy atom. The van der Waals surface area contributed by atoms with Crippen LogP contribution >= 0.6 is 0 Å². The van der Waals surface area contributed by atoms with E-state index in [0.29, 0.717) is 12.6 Å². The van der Waals surface area contributed by atoms with E-state index in [4.69, 9.17) is 5.11 Å². The Morgan fingerprint density at radius 2 is 2.36 bits per heavy atom. The highest BCUT2D eigenvalue weighted by Crippen LogP contribution is 2.26. The number of rotatable bonds is 4. The van der Waals surface area contributed by atoms with E-state index in [1.165, 1.54) is 6.08 Å². The molecule has 1 aliphatic carbocycles. The second kappa shape index (κ2) is 3.53. The van der Waals surface area contributed by atoms with Gasteiger partial charge in [0.15, 0.2) is 0 Å². The van der Waals surface area contributed by atoms with Gasteiger partial charge in [-0.25, -0.2) is 0 Å². The number of amides is 1. The normalized spacial score (nSPS) is 16.1. The predicted octanol–water partition coefficient (Wildman–Crippen LogP) is 0.156. The van der Waals surface area contributed by atoms with E-state index < -0.39 is 0 Å². The predicted molar refractivity (Wildman–Crippen MR) is 42.0 cm³/mol. The van der Waals surface area contributed by atoms with Crippen LogP contribution in [0.1, 0.15) is 12.8 Å². The second-order valence-electron chi connectivity index (χ2n) is 2.69. The summed E-state index contributed by atoms with van der Waals surface area (Å²) in [6, 6.07) is 0.368. The maximum atomic E-state index is 11.1. The van der Waals surface area contributed by atoms with Crippen molar-refractivity contribution in [3.63, 3.8) is 0 Å². The molecule has 11 heavy (non-hydrogen) atoms. The van der Waals surface area contributed by atoms with Gasteiger partial charge in [0, 0.05) is 12.6 Å². The third-order valence-corrected chi connectivity index (χ3v) is 1.79. The molecule has 0 saturated heterocycles. The largest absolute Gasteiger partial charge is 0.395 e. The van der Waals surface area contributed by atoms with Crippen LogP contribution in [0, 0.1) is 0 Å². The maximum absolute atomic E-state index is 11.1. The summed E-state index contributed by atoms with van der Waals surface area (Å²) in [5.74, 6) is -0.0680. The van der Waals surface area contributed by atoms with Gasteiger partial charge in [0.05, 0.1) is 6.61 Å². The van der Waals surface area contributed by atoms with Crippen molar-refractivity contribution in [1.29, 1.82) is 0 Å². The SMILES string of the molecule is C=CC(=O)N(CCO)C1CC1. The van der Waals surface area contributed by atoms with E-state index in [9.17, 15) is 4.79 Å². The van der Waals surface area contributed by atoms with Gasteiger partial charge < -0.3 is 10.0 Å². The monoisotopic (exact) mass is 155 g/mol. The Kier molecular flexibility index (Phi) is 2.65. The topological polar surface area (TPSA) is 40.5 Å². The quantitative estimate of drug-likeness (QED) is 0.587. The van der Waals surface area contributed by atoms with Crippen LogP contribution in [0.2, 0.25) is 0 Å². The lowest BCUT2D eigenvalue weighted by Gasteiger charge is -2.18. The summed E-state index contributed by atoms with van der Waals surface area (Å²) in [5.41, 5.74) is 0. The Hall–Kier alpha value is -0.830. The Bertz CT molecular complexity index is 163. The Morgan fingerprint density at radius 3 is 2.73 bits per heavy atom. The van der Waals surface area contributed by atoms with Crippen LogP contribution in [0.4, 0.5) is 0 Å². The van der Waals surface area contributed by atoms with Crippen molar-refractivity contribution in [3.05, 3.63) is 12.7 Å². The molecule has 0 radical (unpaired) electrons. The summed E-state index contributed by atoms with van der Waals surface area (Å²) >= 11 is 0. The van der Waals surface area contributed by atoms with E-state index in [2.05, 4.69) is 6.58 Å². The van der Waals surface area contributed by atoms with Gasteiger partial charge in [-0.2, -0.15) is 0 Å². The van der Waals surface area contributed by atoms with Gasteiger partial charge in [-0.15, -0.1) is 0 Å². The highest BCUT2D eigenvalue weighted by Gasteiger charge is 2.30. The first-order valence-electron chi connectivity index (χ1n) is 3.83.